The van der Waals surface area contributed by atoms with E-state index < -0.39 is 5.60 Å². The third-order valence-corrected chi connectivity index (χ3v) is 3.81. The van der Waals surface area contributed by atoms with Gasteiger partial charge in [-0.15, -0.1) is 0 Å². The van der Waals surface area contributed by atoms with Crippen molar-refractivity contribution in [3.8, 4) is 0 Å². The number of hydrogen-bond donors (Lipinski definition) is 3. The lowest BCUT2D eigenvalue weighted by Gasteiger charge is -2.36. The normalized spacial score (nSPS) is 16.7. The molecule has 1 aromatic carbocycles. The van der Waals surface area contributed by atoms with E-state index in [9.17, 15) is 5.11 Å². The van der Waals surface area contributed by atoms with Gasteiger partial charge in [0, 0.05) is 18.5 Å². The third-order valence-electron chi connectivity index (χ3n) is 3.81. The quantitative estimate of drug-likeness (QED) is 0.779. The summed E-state index contributed by atoms with van der Waals surface area (Å²) >= 11 is 0. The highest BCUT2D eigenvalue weighted by Crippen LogP contribution is 2.32. The molecule has 20 heavy (non-hydrogen) atoms. The van der Waals surface area contributed by atoms with Crippen molar-refractivity contribution in [1.82, 2.24) is 9.97 Å². The van der Waals surface area contributed by atoms with E-state index in [1.807, 2.05) is 31.2 Å². The standard InChI is InChI=1S/C15H20N4O/c1-2-16-14-18-12-7-4-3-6-11(12)13(19-14)17-10-15(20)8-5-9-15/h3-4,6-7,20H,2,5,8-10H2,1H3,(H2,16,17,18,19). The second-order valence-electron chi connectivity index (χ2n) is 5.37. The van der Waals surface area contributed by atoms with Crippen LogP contribution in [0.25, 0.3) is 10.9 Å². The van der Waals surface area contributed by atoms with Gasteiger partial charge in [0.1, 0.15) is 5.82 Å². The van der Waals surface area contributed by atoms with Crippen LogP contribution in [0.3, 0.4) is 0 Å². The van der Waals surface area contributed by atoms with Crippen molar-refractivity contribution in [2.75, 3.05) is 23.7 Å². The van der Waals surface area contributed by atoms with Crippen molar-refractivity contribution >= 4 is 22.7 Å². The topological polar surface area (TPSA) is 70.1 Å². The number of hydrogen-bond acceptors (Lipinski definition) is 5. The number of nitrogens with one attached hydrogen (secondary N) is 2. The van der Waals surface area contributed by atoms with Crippen molar-refractivity contribution in [3.05, 3.63) is 24.3 Å². The molecule has 0 amide bonds. The molecule has 106 valence electrons. The molecule has 5 nitrogen and oxygen atoms in total. The molecule has 1 aliphatic rings. The van der Waals surface area contributed by atoms with Crippen molar-refractivity contribution in [3.63, 3.8) is 0 Å². The zero-order chi connectivity index (χ0) is 14.0. The first kappa shape index (κ1) is 13.1. The molecule has 0 saturated heterocycles. The van der Waals surface area contributed by atoms with Gasteiger partial charge in [-0.1, -0.05) is 12.1 Å². The predicted molar refractivity (Wildman–Crippen MR) is 81.0 cm³/mol. The molecule has 1 fully saturated rings. The fraction of sp³-hybridized carbons (Fsp3) is 0.467. The van der Waals surface area contributed by atoms with Gasteiger partial charge in [0.25, 0.3) is 0 Å². The average molecular weight is 272 g/mol. The summed E-state index contributed by atoms with van der Waals surface area (Å²) in [5.74, 6) is 1.40. The molecule has 1 saturated carbocycles. The maximum absolute atomic E-state index is 10.2. The van der Waals surface area contributed by atoms with Crippen molar-refractivity contribution < 1.29 is 5.11 Å². The number of fused-ring (bicyclic) bond motifs is 1. The Kier molecular flexibility index (Phi) is 3.44. The van der Waals surface area contributed by atoms with Crippen LogP contribution in [0.4, 0.5) is 11.8 Å². The molecule has 0 unspecified atom stereocenters. The largest absolute Gasteiger partial charge is 0.388 e. The SMILES string of the molecule is CCNc1nc(NCC2(O)CCC2)c2ccccc2n1. The Morgan fingerprint density at radius 1 is 1.20 bits per heavy atom. The van der Waals surface area contributed by atoms with Crippen molar-refractivity contribution in [2.45, 2.75) is 31.8 Å². The summed E-state index contributed by atoms with van der Waals surface area (Å²) in [5, 5.41) is 17.6. The van der Waals surface area contributed by atoms with Crippen LogP contribution in [0.15, 0.2) is 24.3 Å². The Labute approximate surface area is 118 Å². The molecule has 0 aliphatic heterocycles. The lowest BCUT2D eigenvalue weighted by Crippen LogP contribution is -2.43. The Morgan fingerprint density at radius 3 is 2.70 bits per heavy atom. The van der Waals surface area contributed by atoms with Crippen LogP contribution >= 0.6 is 0 Å². The maximum Gasteiger partial charge on any atom is 0.225 e. The molecule has 2 aromatic rings. The van der Waals surface area contributed by atoms with Crippen LogP contribution in [0.1, 0.15) is 26.2 Å². The summed E-state index contributed by atoms with van der Waals surface area (Å²) in [6.07, 6.45) is 2.83. The molecular weight excluding hydrogens is 252 g/mol. The van der Waals surface area contributed by atoms with E-state index >= 15 is 0 Å². The zero-order valence-corrected chi connectivity index (χ0v) is 11.7. The molecule has 0 radical (unpaired) electrons. The van der Waals surface area contributed by atoms with E-state index in [0.29, 0.717) is 12.5 Å². The molecule has 3 N–H and O–H groups in total. The van der Waals surface area contributed by atoms with Gasteiger partial charge in [-0.3, -0.25) is 0 Å². The summed E-state index contributed by atoms with van der Waals surface area (Å²) in [6, 6.07) is 7.91. The molecule has 1 aromatic heterocycles. The van der Waals surface area contributed by atoms with Crippen LogP contribution in [-0.2, 0) is 0 Å². The lowest BCUT2D eigenvalue weighted by atomic mass is 9.80. The molecule has 1 heterocycles. The first-order valence-electron chi connectivity index (χ1n) is 7.17. The van der Waals surface area contributed by atoms with Crippen LogP contribution < -0.4 is 10.6 Å². The molecule has 3 rings (SSSR count). The number of anilines is 2. The van der Waals surface area contributed by atoms with Gasteiger partial charge < -0.3 is 15.7 Å². The van der Waals surface area contributed by atoms with Crippen LogP contribution in [0, 0.1) is 0 Å². The van der Waals surface area contributed by atoms with E-state index in [4.69, 9.17) is 0 Å². The Bertz CT molecular complexity index is 610. The highest BCUT2D eigenvalue weighted by Gasteiger charge is 2.34. The van der Waals surface area contributed by atoms with Gasteiger partial charge in [0.2, 0.25) is 5.95 Å². The van der Waals surface area contributed by atoms with Gasteiger partial charge in [-0.2, -0.15) is 4.98 Å². The Balaban J connectivity index is 1.90. The minimum absolute atomic E-state index is 0.541. The van der Waals surface area contributed by atoms with Gasteiger partial charge in [-0.05, 0) is 38.3 Å². The zero-order valence-electron chi connectivity index (χ0n) is 11.7. The molecule has 5 heteroatoms. The van der Waals surface area contributed by atoms with Gasteiger partial charge >= 0.3 is 0 Å². The Hall–Kier alpha value is -1.88. The second-order valence-corrected chi connectivity index (χ2v) is 5.37. The van der Waals surface area contributed by atoms with Crippen LogP contribution in [0.5, 0.6) is 0 Å². The summed E-state index contributed by atoms with van der Waals surface area (Å²) in [7, 11) is 0. The lowest BCUT2D eigenvalue weighted by molar-refractivity contribution is -0.0202. The first-order valence-corrected chi connectivity index (χ1v) is 7.17. The van der Waals surface area contributed by atoms with Crippen LogP contribution in [-0.4, -0.2) is 33.8 Å². The number of aromatic nitrogens is 2. The second kappa shape index (κ2) is 5.25. The molecule has 0 spiro atoms. The average Bonchev–Trinajstić information content (AvgIpc) is 2.43. The number of para-hydroxylation sites is 1. The van der Waals surface area contributed by atoms with E-state index in [1.165, 1.54) is 0 Å². The predicted octanol–water partition coefficient (Wildman–Crippen LogP) is 2.39. The minimum Gasteiger partial charge on any atom is -0.388 e. The van der Waals surface area contributed by atoms with E-state index in [-0.39, 0.29) is 0 Å². The number of nitrogens with zero attached hydrogens (tertiary/aromatic N) is 2. The summed E-state index contributed by atoms with van der Waals surface area (Å²) < 4.78 is 0. The van der Waals surface area contributed by atoms with Crippen molar-refractivity contribution in [1.29, 1.82) is 0 Å². The monoisotopic (exact) mass is 272 g/mol. The highest BCUT2D eigenvalue weighted by atomic mass is 16.3. The van der Waals surface area contributed by atoms with Gasteiger partial charge in [0.05, 0.1) is 11.1 Å². The van der Waals surface area contributed by atoms with E-state index in [2.05, 4.69) is 20.6 Å². The minimum atomic E-state index is -0.565. The summed E-state index contributed by atoms with van der Waals surface area (Å²) in [5.41, 5.74) is 0.339. The summed E-state index contributed by atoms with van der Waals surface area (Å²) in [6.45, 7) is 3.34. The third kappa shape index (κ3) is 2.54. The van der Waals surface area contributed by atoms with Crippen LogP contribution in [0.2, 0.25) is 0 Å². The van der Waals surface area contributed by atoms with E-state index in [1.54, 1.807) is 0 Å². The molecule has 0 bridgehead atoms. The molecule has 1 aliphatic carbocycles. The Morgan fingerprint density at radius 2 is 2.00 bits per heavy atom. The van der Waals surface area contributed by atoms with E-state index in [0.717, 1.165) is 42.5 Å². The fourth-order valence-electron chi connectivity index (χ4n) is 2.46. The number of benzene rings is 1. The van der Waals surface area contributed by atoms with Crippen molar-refractivity contribution in [2.24, 2.45) is 0 Å². The number of aliphatic hydroxyl groups is 1. The number of rotatable bonds is 5. The van der Waals surface area contributed by atoms with Gasteiger partial charge in [-0.25, -0.2) is 4.98 Å². The fourth-order valence-corrected chi connectivity index (χ4v) is 2.46. The van der Waals surface area contributed by atoms with Gasteiger partial charge in [0.15, 0.2) is 0 Å². The maximum atomic E-state index is 10.2. The molecule has 0 atom stereocenters. The smallest absolute Gasteiger partial charge is 0.225 e. The summed E-state index contributed by atoms with van der Waals surface area (Å²) in [4.78, 5) is 8.99. The highest BCUT2D eigenvalue weighted by molar-refractivity contribution is 5.90. The molecular formula is C15H20N4O. The first-order chi connectivity index (χ1) is 9.70.